The van der Waals surface area contributed by atoms with E-state index in [-0.39, 0.29) is 0 Å². The van der Waals surface area contributed by atoms with Gasteiger partial charge in [-0.2, -0.15) is 0 Å². The molecule has 5 nitrogen and oxygen atoms in total. The van der Waals surface area contributed by atoms with Gasteiger partial charge in [-0.15, -0.1) is 0 Å². The first-order valence-corrected chi connectivity index (χ1v) is 17.5. The van der Waals surface area contributed by atoms with Crippen LogP contribution in [0.2, 0.25) is 0 Å². The lowest BCUT2D eigenvalue weighted by Crippen LogP contribution is -2.33. The number of amidine groups is 2. The molecule has 11 rings (SSSR count). The van der Waals surface area contributed by atoms with Gasteiger partial charge in [-0.1, -0.05) is 127 Å². The van der Waals surface area contributed by atoms with Crippen LogP contribution in [0.25, 0.3) is 76.5 Å². The SMILES string of the molecule is c1ccc(-c2cc3c4ccc(C5=NC(c6ccc7c(c6)oc6ccccc67)NC(c6ccc7ccccc7c6)=N5)cc4oc3c3ccccc23)cc1. The normalized spacial score (nSPS) is 14.7. The third-order valence-corrected chi connectivity index (χ3v) is 10.3. The van der Waals surface area contributed by atoms with Crippen molar-refractivity contribution < 1.29 is 8.83 Å². The molecule has 10 aromatic rings. The zero-order valence-electron chi connectivity index (χ0n) is 27.9. The smallest absolute Gasteiger partial charge is 0.159 e. The second-order valence-corrected chi connectivity index (χ2v) is 13.4. The predicted octanol–water partition coefficient (Wildman–Crippen LogP) is 12.0. The largest absolute Gasteiger partial charge is 0.456 e. The summed E-state index contributed by atoms with van der Waals surface area (Å²) in [6.07, 6.45) is -0.393. The topological polar surface area (TPSA) is 63.0 Å². The van der Waals surface area contributed by atoms with E-state index in [1.165, 1.54) is 16.5 Å². The van der Waals surface area contributed by atoms with Gasteiger partial charge in [-0.3, -0.25) is 0 Å². The van der Waals surface area contributed by atoms with E-state index in [1.807, 2.05) is 18.2 Å². The van der Waals surface area contributed by atoms with Crippen molar-refractivity contribution in [1.82, 2.24) is 5.32 Å². The maximum Gasteiger partial charge on any atom is 0.159 e. The highest BCUT2D eigenvalue weighted by Gasteiger charge is 2.23. The summed E-state index contributed by atoms with van der Waals surface area (Å²) in [4.78, 5) is 10.4. The van der Waals surface area contributed by atoms with Crippen molar-refractivity contribution in [2.75, 3.05) is 0 Å². The van der Waals surface area contributed by atoms with Gasteiger partial charge in [0.2, 0.25) is 0 Å². The zero-order chi connectivity index (χ0) is 34.2. The van der Waals surface area contributed by atoms with Crippen molar-refractivity contribution >= 4 is 77.1 Å². The van der Waals surface area contributed by atoms with Gasteiger partial charge in [0.15, 0.2) is 5.84 Å². The van der Waals surface area contributed by atoms with Crippen LogP contribution in [0.15, 0.2) is 183 Å². The van der Waals surface area contributed by atoms with E-state index in [0.29, 0.717) is 5.84 Å². The Morgan fingerprint density at radius 3 is 2.04 bits per heavy atom. The van der Waals surface area contributed by atoms with Crippen LogP contribution in [0.3, 0.4) is 0 Å². The van der Waals surface area contributed by atoms with Crippen molar-refractivity contribution in [1.29, 1.82) is 0 Å². The number of rotatable bonds is 4. The van der Waals surface area contributed by atoms with E-state index in [1.54, 1.807) is 0 Å². The van der Waals surface area contributed by atoms with Crippen molar-refractivity contribution in [2.24, 2.45) is 9.98 Å². The van der Waals surface area contributed by atoms with Crippen LogP contribution in [0, 0.1) is 0 Å². The molecule has 1 atom stereocenters. The van der Waals surface area contributed by atoms with Crippen LogP contribution in [-0.4, -0.2) is 11.7 Å². The number of hydrogen-bond acceptors (Lipinski definition) is 5. The van der Waals surface area contributed by atoms with Crippen molar-refractivity contribution in [3.8, 4) is 11.1 Å². The van der Waals surface area contributed by atoms with Gasteiger partial charge < -0.3 is 14.2 Å². The first kappa shape index (κ1) is 28.8. The van der Waals surface area contributed by atoms with E-state index in [2.05, 4.69) is 151 Å². The van der Waals surface area contributed by atoms with Crippen LogP contribution >= 0.6 is 0 Å². The molecule has 0 bridgehead atoms. The molecule has 1 aliphatic rings. The lowest BCUT2D eigenvalue weighted by atomic mass is 9.95. The number of furan rings is 2. The highest BCUT2D eigenvalue weighted by atomic mass is 16.3. The molecule has 244 valence electrons. The molecule has 0 fully saturated rings. The lowest BCUT2D eigenvalue weighted by Gasteiger charge is -2.24. The Labute approximate surface area is 298 Å². The molecular weight excluding hydrogens is 639 g/mol. The molecule has 1 N–H and O–H groups in total. The van der Waals surface area contributed by atoms with Gasteiger partial charge in [0.25, 0.3) is 0 Å². The highest BCUT2D eigenvalue weighted by molar-refractivity contribution is 6.20. The van der Waals surface area contributed by atoms with E-state index in [0.717, 1.165) is 82.6 Å². The number of benzene rings is 8. The third-order valence-electron chi connectivity index (χ3n) is 10.3. The molecular formula is C47H29N3O2. The highest BCUT2D eigenvalue weighted by Crippen LogP contribution is 2.40. The van der Waals surface area contributed by atoms with E-state index in [4.69, 9.17) is 18.8 Å². The number of hydrogen-bond donors (Lipinski definition) is 1. The van der Waals surface area contributed by atoms with Crippen molar-refractivity contribution in [3.05, 3.63) is 180 Å². The molecule has 0 saturated carbocycles. The Hall–Kier alpha value is -6.98. The summed E-state index contributed by atoms with van der Waals surface area (Å²) in [5.74, 6) is 1.39. The molecule has 2 aromatic heterocycles. The number of para-hydroxylation sites is 1. The van der Waals surface area contributed by atoms with Crippen LogP contribution in [0.4, 0.5) is 0 Å². The van der Waals surface area contributed by atoms with Gasteiger partial charge in [-0.25, -0.2) is 9.98 Å². The molecule has 0 amide bonds. The number of nitrogens with zero attached hydrogens (tertiary/aromatic N) is 2. The average Bonchev–Trinajstić information content (AvgIpc) is 3.78. The summed E-state index contributed by atoms with van der Waals surface area (Å²) in [5, 5.41) is 12.6. The van der Waals surface area contributed by atoms with Gasteiger partial charge in [0, 0.05) is 43.6 Å². The second kappa shape index (κ2) is 11.3. The van der Waals surface area contributed by atoms with Crippen LogP contribution in [0.5, 0.6) is 0 Å². The minimum atomic E-state index is -0.393. The van der Waals surface area contributed by atoms with Crippen molar-refractivity contribution in [2.45, 2.75) is 6.17 Å². The fraction of sp³-hybridized carbons (Fsp3) is 0.0213. The lowest BCUT2D eigenvalue weighted by molar-refractivity contribution is 0.655. The first-order chi connectivity index (χ1) is 25.7. The molecule has 1 unspecified atom stereocenters. The summed E-state index contributed by atoms with van der Waals surface area (Å²) in [6, 6.07) is 57.0. The van der Waals surface area contributed by atoms with Gasteiger partial charge >= 0.3 is 0 Å². The summed E-state index contributed by atoms with van der Waals surface area (Å²) in [5.41, 5.74) is 8.61. The third kappa shape index (κ3) is 4.56. The van der Waals surface area contributed by atoms with E-state index in [9.17, 15) is 0 Å². The molecule has 1 aliphatic heterocycles. The molecule has 0 radical (unpaired) electrons. The Balaban J connectivity index is 1.08. The summed E-state index contributed by atoms with van der Waals surface area (Å²) >= 11 is 0. The monoisotopic (exact) mass is 667 g/mol. The van der Waals surface area contributed by atoms with Gasteiger partial charge in [0.05, 0.1) is 0 Å². The summed E-state index contributed by atoms with van der Waals surface area (Å²) in [7, 11) is 0. The minimum Gasteiger partial charge on any atom is -0.456 e. The van der Waals surface area contributed by atoms with Crippen LogP contribution in [0.1, 0.15) is 22.9 Å². The molecule has 0 saturated heterocycles. The Morgan fingerprint density at radius 2 is 1.13 bits per heavy atom. The van der Waals surface area contributed by atoms with Gasteiger partial charge in [-0.05, 0) is 63.7 Å². The Morgan fingerprint density at radius 1 is 0.442 bits per heavy atom. The molecule has 52 heavy (non-hydrogen) atoms. The maximum absolute atomic E-state index is 6.70. The maximum atomic E-state index is 6.70. The molecule has 8 aromatic carbocycles. The summed E-state index contributed by atoms with van der Waals surface area (Å²) in [6.45, 7) is 0. The predicted molar refractivity (Wildman–Crippen MR) is 213 cm³/mol. The number of aliphatic imine (C=N–C) groups is 2. The van der Waals surface area contributed by atoms with Crippen LogP contribution in [-0.2, 0) is 0 Å². The van der Waals surface area contributed by atoms with Gasteiger partial charge in [0.1, 0.15) is 34.3 Å². The fourth-order valence-corrected chi connectivity index (χ4v) is 7.74. The molecule has 0 spiro atoms. The average molecular weight is 668 g/mol. The molecule has 3 heterocycles. The second-order valence-electron chi connectivity index (χ2n) is 13.4. The Kier molecular flexibility index (Phi) is 6.25. The fourth-order valence-electron chi connectivity index (χ4n) is 7.74. The standard InChI is InChI=1S/C47H29N3O2/c1-2-11-29(12-3-1)39-27-40-37-23-21-33(26-43(37)52-44(40)38-16-7-6-14-34(38)39)47-49-45(31-19-18-28-10-4-5-13-30(28)24-31)48-46(50-47)32-20-22-36-35-15-8-9-17-41(35)51-42(36)25-32/h1-27,46H,(H,48,49,50). The summed E-state index contributed by atoms with van der Waals surface area (Å²) < 4.78 is 13.0. The van der Waals surface area contributed by atoms with E-state index >= 15 is 0 Å². The number of nitrogens with one attached hydrogen (secondary N) is 1. The Bertz CT molecular complexity index is 3110. The quantitative estimate of drug-likeness (QED) is 0.203. The minimum absolute atomic E-state index is 0.393. The zero-order valence-corrected chi connectivity index (χ0v) is 27.9. The first-order valence-electron chi connectivity index (χ1n) is 17.5. The van der Waals surface area contributed by atoms with Crippen LogP contribution < -0.4 is 5.32 Å². The van der Waals surface area contributed by atoms with E-state index < -0.39 is 6.17 Å². The van der Waals surface area contributed by atoms with Crippen molar-refractivity contribution in [3.63, 3.8) is 0 Å². The molecule has 5 heteroatoms. The molecule has 0 aliphatic carbocycles. The number of fused-ring (bicyclic) bond motifs is 9.